The molecule has 74 valence electrons. The molecule has 0 N–H and O–H groups in total. The third kappa shape index (κ3) is 1.32. The third-order valence-electron chi connectivity index (χ3n) is 2.88. The van der Waals surface area contributed by atoms with Gasteiger partial charge in [0.05, 0.1) is 0 Å². The van der Waals surface area contributed by atoms with Crippen molar-refractivity contribution in [2.45, 2.75) is 16.2 Å². The molecular weight excluding hydrogens is 220 g/mol. The van der Waals surface area contributed by atoms with E-state index in [2.05, 4.69) is 56.1 Å². The van der Waals surface area contributed by atoms with E-state index in [0.29, 0.717) is 0 Å². The standard InChI is InChI=1S/C13H10S2/c1-7-2-8-3-10(14)4-9-5-11(15)6-12(7)13(8)9/h3-6,14-15H,1-2H2. The summed E-state index contributed by atoms with van der Waals surface area (Å²) >= 11 is 8.83. The van der Waals surface area contributed by atoms with E-state index in [-0.39, 0.29) is 0 Å². The van der Waals surface area contributed by atoms with Gasteiger partial charge in [-0.25, -0.2) is 0 Å². The van der Waals surface area contributed by atoms with Crippen molar-refractivity contribution in [1.29, 1.82) is 0 Å². The first-order chi connectivity index (χ1) is 7.15. The number of allylic oxidation sites excluding steroid dienone is 1. The molecule has 1 aliphatic rings. The minimum absolute atomic E-state index is 0.942. The second-order valence-electron chi connectivity index (χ2n) is 3.98. The molecular formula is C13H10S2. The molecule has 0 aliphatic heterocycles. The molecule has 0 unspecified atom stereocenters. The van der Waals surface area contributed by atoms with Gasteiger partial charge in [0.2, 0.25) is 0 Å². The highest BCUT2D eigenvalue weighted by molar-refractivity contribution is 7.80. The van der Waals surface area contributed by atoms with E-state index < -0.39 is 0 Å². The first kappa shape index (κ1) is 9.37. The Hall–Kier alpha value is -0.860. The minimum atomic E-state index is 0.942. The van der Waals surface area contributed by atoms with Crippen LogP contribution in [-0.2, 0) is 6.42 Å². The highest BCUT2D eigenvalue weighted by Crippen LogP contribution is 2.39. The van der Waals surface area contributed by atoms with Crippen LogP contribution >= 0.6 is 25.3 Å². The summed E-state index contributed by atoms with van der Waals surface area (Å²) in [4.78, 5) is 2.00. The van der Waals surface area contributed by atoms with Crippen molar-refractivity contribution in [1.82, 2.24) is 0 Å². The van der Waals surface area contributed by atoms with Gasteiger partial charge < -0.3 is 0 Å². The lowest BCUT2D eigenvalue weighted by molar-refractivity contribution is 1.34. The van der Waals surface area contributed by atoms with Gasteiger partial charge in [0.25, 0.3) is 0 Å². The molecule has 0 radical (unpaired) electrons. The Morgan fingerprint density at radius 1 is 1.00 bits per heavy atom. The summed E-state index contributed by atoms with van der Waals surface area (Å²) in [5.41, 5.74) is 3.77. The normalized spacial score (nSPS) is 13.9. The van der Waals surface area contributed by atoms with Crippen LogP contribution in [0.15, 0.2) is 40.6 Å². The van der Waals surface area contributed by atoms with Crippen LogP contribution in [0.3, 0.4) is 0 Å². The number of benzene rings is 2. The van der Waals surface area contributed by atoms with Crippen LogP contribution < -0.4 is 0 Å². The largest absolute Gasteiger partial charge is 0.143 e. The van der Waals surface area contributed by atoms with Crippen LogP contribution in [0.1, 0.15) is 11.1 Å². The zero-order chi connectivity index (χ0) is 10.6. The Morgan fingerprint density at radius 3 is 2.40 bits per heavy atom. The number of hydrogen-bond acceptors (Lipinski definition) is 2. The molecule has 0 bridgehead atoms. The predicted molar refractivity (Wildman–Crippen MR) is 71.2 cm³/mol. The van der Waals surface area contributed by atoms with Crippen LogP contribution in [0, 0.1) is 0 Å². The quantitative estimate of drug-likeness (QED) is 0.628. The fraction of sp³-hybridized carbons (Fsp3) is 0.0769. The molecule has 0 fully saturated rings. The number of rotatable bonds is 0. The van der Waals surface area contributed by atoms with E-state index in [9.17, 15) is 0 Å². The summed E-state index contributed by atoms with van der Waals surface area (Å²) in [6.45, 7) is 4.11. The Labute approximate surface area is 99.8 Å². The highest BCUT2D eigenvalue weighted by Gasteiger charge is 2.18. The van der Waals surface area contributed by atoms with Gasteiger partial charge in [0.1, 0.15) is 0 Å². The summed E-state index contributed by atoms with van der Waals surface area (Å²) < 4.78 is 0. The van der Waals surface area contributed by atoms with Crippen LogP contribution in [0.4, 0.5) is 0 Å². The molecule has 2 aromatic rings. The van der Waals surface area contributed by atoms with Crippen molar-refractivity contribution in [3.05, 3.63) is 42.0 Å². The van der Waals surface area contributed by atoms with E-state index in [4.69, 9.17) is 0 Å². The zero-order valence-corrected chi connectivity index (χ0v) is 9.91. The minimum Gasteiger partial charge on any atom is -0.143 e. The van der Waals surface area contributed by atoms with Crippen molar-refractivity contribution in [2.24, 2.45) is 0 Å². The molecule has 1 aliphatic carbocycles. The number of hydrogen-bond donors (Lipinski definition) is 2. The van der Waals surface area contributed by atoms with Gasteiger partial charge in [-0.1, -0.05) is 6.58 Å². The van der Waals surface area contributed by atoms with Crippen LogP contribution in [0.5, 0.6) is 0 Å². The Bertz CT molecular complexity index is 592. The Kier molecular flexibility index (Phi) is 1.91. The monoisotopic (exact) mass is 230 g/mol. The lowest BCUT2D eigenvalue weighted by Gasteiger charge is -2.04. The second-order valence-corrected chi connectivity index (χ2v) is 5.01. The molecule has 0 atom stereocenters. The van der Waals surface area contributed by atoms with Gasteiger partial charge in [-0.15, -0.1) is 25.3 Å². The SMILES string of the molecule is C=C1Cc2cc(S)cc3cc(S)cc1c23. The van der Waals surface area contributed by atoms with E-state index >= 15 is 0 Å². The van der Waals surface area contributed by atoms with Crippen LogP contribution in [-0.4, -0.2) is 0 Å². The van der Waals surface area contributed by atoms with Gasteiger partial charge in [-0.2, -0.15) is 0 Å². The van der Waals surface area contributed by atoms with Gasteiger partial charge in [-0.3, -0.25) is 0 Å². The van der Waals surface area contributed by atoms with E-state index in [1.54, 1.807) is 0 Å². The maximum Gasteiger partial charge on any atom is 0.00524 e. The Balaban J connectivity index is 2.54. The zero-order valence-electron chi connectivity index (χ0n) is 8.12. The van der Waals surface area contributed by atoms with Crippen molar-refractivity contribution in [3.63, 3.8) is 0 Å². The number of thiol groups is 2. The maximum atomic E-state index is 4.42. The van der Waals surface area contributed by atoms with Crippen molar-refractivity contribution >= 4 is 41.6 Å². The molecule has 0 aromatic heterocycles. The fourth-order valence-corrected chi connectivity index (χ4v) is 2.88. The van der Waals surface area contributed by atoms with Gasteiger partial charge in [0.15, 0.2) is 0 Å². The first-order valence-corrected chi connectivity index (χ1v) is 5.71. The molecule has 0 nitrogen and oxygen atoms in total. The molecule has 2 aromatic carbocycles. The average molecular weight is 230 g/mol. The summed E-state index contributed by atoms with van der Waals surface area (Å²) in [5, 5.41) is 2.55. The van der Waals surface area contributed by atoms with Gasteiger partial charge in [0, 0.05) is 9.79 Å². The van der Waals surface area contributed by atoms with Crippen molar-refractivity contribution < 1.29 is 0 Å². The third-order valence-corrected chi connectivity index (χ3v) is 3.40. The summed E-state index contributed by atoms with van der Waals surface area (Å²) in [6, 6.07) is 8.40. The average Bonchev–Trinajstić information content (AvgIpc) is 2.43. The van der Waals surface area contributed by atoms with Crippen molar-refractivity contribution in [2.75, 3.05) is 0 Å². The lowest BCUT2D eigenvalue weighted by atomic mass is 10.0. The van der Waals surface area contributed by atoms with Crippen LogP contribution in [0.25, 0.3) is 16.3 Å². The molecule has 0 saturated heterocycles. The molecule has 0 saturated carbocycles. The molecule has 3 rings (SSSR count). The topological polar surface area (TPSA) is 0 Å². The fourth-order valence-electron chi connectivity index (χ4n) is 2.32. The highest BCUT2D eigenvalue weighted by atomic mass is 32.1. The molecule has 0 spiro atoms. The van der Waals surface area contributed by atoms with Crippen LogP contribution in [0.2, 0.25) is 0 Å². The van der Waals surface area contributed by atoms with Gasteiger partial charge in [-0.05, 0) is 58.2 Å². The molecule has 2 heteroatoms. The van der Waals surface area contributed by atoms with E-state index in [1.165, 1.54) is 27.5 Å². The van der Waals surface area contributed by atoms with E-state index in [1.807, 2.05) is 0 Å². The predicted octanol–water partition coefficient (Wildman–Crippen LogP) is 3.99. The van der Waals surface area contributed by atoms with E-state index in [0.717, 1.165) is 16.2 Å². The Morgan fingerprint density at radius 2 is 1.67 bits per heavy atom. The molecule has 0 amide bonds. The summed E-state index contributed by atoms with van der Waals surface area (Å²) in [6.07, 6.45) is 0.942. The van der Waals surface area contributed by atoms with Crippen molar-refractivity contribution in [3.8, 4) is 0 Å². The smallest absolute Gasteiger partial charge is 0.00524 e. The first-order valence-electron chi connectivity index (χ1n) is 4.82. The summed E-state index contributed by atoms with van der Waals surface area (Å²) in [5.74, 6) is 0. The second kappa shape index (κ2) is 3.06. The molecule has 0 heterocycles. The molecule has 15 heavy (non-hydrogen) atoms. The summed E-state index contributed by atoms with van der Waals surface area (Å²) in [7, 11) is 0. The maximum absolute atomic E-state index is 4.42. The lowest BCUT2D eigenvalue weighted by Crippen LogP contribution is -1.80. The van der Waals surface area contributed by atoms with Gasteiger partial charge >= 0.3 is 0 Å².